The molecule has 4 amide bonds. The summed E-state index contributed by atoms with van der Waals surface area (Å²) in [5, 5.41) is 0. The van der Waals surface area contributed by atoms with E-state index in [2.05, 4.69) is 0 Å². The second-order valence-electron chi connectivity index (χ2n) is 13.2. The number of hydrogen-bond acceptors (Lipinski definition) is 4. The molecule has 3 radical (unpaired) electrons. The zero-order valence-electron chi connectivity index (χ0n) is 31.0. The molecule has 0 saturated carbocycles. The Morgan fingerprint density at radius 1 is 0.383 bits per heavy atom. The van der Waals surface area contributed by atoms with Gasteiger partial charge >= 0.3 is 0 Å². The van der Waals surface area contributed by atoms with Gasteiger partial charge in [0.25, 0.3) is 0 Å². The summed E-state index contributed by atoms with van der Waals surface area (Å²) in [5.74, 6) is 4.35. The molecule has 0 atom stereocenters. The van der Waals surface area contributed by atoms with Crippen molar-refractivity contribution < 1.29 is 117 Å². The van der Waals surface area contributed by atoms with Crippen LogP contribution >= 0.6 is 0 Å². The molecule has 4 heterocycles. The van der Waals surface area contributed by atoms with Gasteiger partial charge in [0.2, 0.25) is 23.6 Å². The van der Waals surface area contributed by atoms with Crippen molar-refractivity contribution in [2.75, 3.05) is 52.4 Å². The second-order valence-corrected chi connectivity index (χ2v) is 13.2. The van der Waals surface area contributed by atoms with Gasteiger partial charge in [-0.25, -0.2) is 0 Å². The molecule has 265 valence electrons. The molecule has 4 saturated heterocycles. The van der Waals surface area contributed by atoms with Crippen LogP contribution in [-0.4, -0.2) is 95.6 Å². The largest absolute Gasteiger partial charge is 0.358 e. The number of carbonyl (C=O) groups is 4. The van der Waals surface area contributed by atoms with Gasteiger partial charge in [-0.1, -0.05) is 27.7 Å². The maximum atomic E-state index is 11.7. The van der Waals surface area contributed by atoms with Crippen molar-refractivity contribution in [2.45, 2.75) is 118 Å². The van der Waals surface area contributed by atoms with Crippen LogP contribution in [0.5, 0.6) is 0 Å². The number of nitrogens with zero attached hydrogens (tertiary/aromatic N) is 4. The third-order valence-corrected chi connectivity index (χ3v) is 10.4. The van der Waals surface area contributed by atoms with Crippen LogP contribution in [-0.2, 0) is 117 Å². The van der Waals surface area contributed by atoms with Crippen LogP contribution in [0, 0.1) is 38.5 Å². The van der Waals surface area contributed by atoms with E-state index in [-0.39, 0.29) is 113 Å². The van der Waals surface area contributed by atoms with E-state index in [1.165, 1.54) is 64.2 Å². The fourth-order valence-electron chi connectivity index (χ4n) is 7.51. The van der Waals surface area contributed by atoms with Crippen molar-refractivity contribution in [1.29, 1.82) is 0 Å². The first-order chi connectivity index (χ1) is 20.3. The topological polar surface area (TPSA) is 81.2 Å². The third kappa shape index (κ3) is 18.0. The molecule has 0 aliphatic carbocycles. The van der Waals surface area contributed by atoms with Gasteiger partial charge in [-0.2, -0.15) is 0 Å². The van der Waals surface area contributed by atoms with Crippen LogP contribution in [0.3, 0.4) is 0 Å². The summed E-state index contributed by atoms with van der Waals surface area (Å²) < 4.78 is 0. The summed E-state index contributed by atoms with van der Waals surface area (Å²) >= 11 is 0. The van der Waals surface area contributed by atoms with E-state index in [4.69, 9.17) is 0 Å². The van der Waals surface area contributed by atoms with E-state index >= 15 is 0 Å². The number of hydrogen-bond donors (Lipinski definition) is 0. The van der Waals surface area contributed by atoms with E-state index in [1.54, 1.807) is 0 Å². The third-order valence-electron chi connectivity index (χ3n) is 10.4. The molecule has 4 fully saturated rings. The average molecular weight is 886 g/mol. The summed E-state index contributed by atoms with van der Waals surface area (Å²) in [4.78, 5) is 54.8. The fourth-order valence-corrected chi connectivity index (χ4v) is 7.51. The van der Waals surface area contributed by atoms with Crippen LogP contribution in [0.4, 0.5) is 0 Å². The molecule has 0 bridgehead atoms. The maximum absolute atomic E-state index is 11.7. The Kier molecular flexibility index (Phi) is 32.1. The number of rotatable bonds is 8. The number of amides is 4. The van der Waals surface area contributed by atoms with Gasteiger partial charge in [-0.05, 0) is 87.9 Å². The Balaban J connectivity index is -0.000000745. The molecule has 4 aliphatic heterocycles. The molecule has 0 aromatic heterocycles. The molecular weight excluding hydrogens is 819 g/mol. The predicted molar refractivity (Wildman–Crippen MR) is 180 cm³/mol. The summed E-state index contributed by atoms with van der Waals surface area (Å²) in [6.45, 7) is 15.4. The first-order valence-electron chi connectivity index (χ1n) is 17.4. The van der Waals surface area contributed by atoms with Gasteiger partial charge in [0.1, 0.15) is 0 Å². The maximum Gasteiger partial charge on any atom is 0.222 e. The Morgan fingerprint density at radius 3 is 0.660 bits per heavy atom. The van der Waals surface area contributed by atoms with Crippen molar-refractivity contribution in [3.63, 3.8) is 0 Å². The van der Waals surface area contributed by atoms with Crippen molar-refractivity contribution in [1.82, 2.24) is 19.6 Å². The van der Waals surface area contributed by atoms with E-state index in [1.807, 2.05) is 47.3 Å². The molecule has 4 rings (SSSR count). The molecule has 8 nitrogen and oxygen atoms in total. The fraction of sp³-hybridized carbons (Fsp3) is 0.833. The normalized spacial score (nSPS) is 19.3. The summed E-state index contributed by atoms with van der Waals surface area (Å²) in [6, 6.07) is 0. The van der Waals surface area contributed by atoms with Gasteiger partial charge in [0.05, 0.1) is 0 Å². The summed E-state index contributed by atoms with van der Waals surface area (Å²) in [7, 11) is 0. The zero-order valence-corrected chi connectivity index (χ0v) is 39.5. The molecule has 0 spiro atoms. The first-order valence-corrected chi connectivity index (χ1v) is 17.4. The monoisotopic (exact) mass is 885 g/mol. The van der Waals surface area contributed by atoms with Crippen LogP contribution in [0.1, 0.15) is 118 Å². The molecule has 11 heteroatoms. The minimum absolute atomic E-state index is 0. The van der Waals surface area contributed by atoms with Crippen molar-refractivity contribution in [3.8, 4) is 0 Å². The Hall–Kier alpha value is 1.19. The summed E-state index contributed by atoms with van der Waals surface area (Å²) in [5.41, 5.74) is 0. The van der Waals surface area contributed by atoms with Gasteiger partial charge in [-0.3, -0.25) is 19.2 Å². The second kappa shape index (κ2) is 28.7. The minimum Gasteiger partial charge on any atom is -0.358 e. The number of likely N-dealkylation sites (tertiary alicyclic amines) is 4. The van der Waals surface area contributed by atoms with Gasteiger partial charge in [0, 0.05) is 176 Å². The SMILES string of the molecule is CCC(=O)N1CCC(CC2CCN(C(=O)CC)CC2)CC1.CCC(=O)N1CCC(CC2CCN(C(=O)CC)CC2)CC1.[CH3-].[CH3-].[Y].[Y].[Y]. The van der Waals surface area contributed by atoms with Gasteiger partial charge in [0.15, 0.2) is 0 Å². The van der Waals surface area contributed by atoms with E-state index in [9.17, 15) is 19.2 Å². The molecule has 0 aromatic carbocycles. The van der Waals surface area contributed by atoms with Crippen molar-refractivity contribution >= 4 is 23.6 Å². The minimum atomic E-state index is 0. The Bertz CT molecular complexity index is 726. The molecule has 0 aromatic rings. The van der Waals surface area contributed by atoms with E-state index in [0.29, 0.717) is 49.3 Å². The van der Waals surface area contributed by atoms with Gasteiger partial charge in [-0.15, -0.1) is 0 Å². The number of piperidine rings is 4. The van der Waals surface area contributed by atoms with Crippen LogP contribution in [0.15, 0.2) is 0 Å². The molecule has 47 heavy (non-hydrogen) atoms. The quantitative estimate of drug-likeness (QED) is 0.271. The van der Waals surface area contributed by atoms with Crippen LogP contribution < -0.4 is 0 Å². The van der Waals surface area contributed by atoms with Crippen LogP contribution in [0.2, 0.25) is 0 Å². The molecule has 0 N–H and O–H groups in total. The zero-order chi connectivity index (χ0) is 30.5. The van der Waals surface area contributed by atoms with Crippen LogP contribution in [0.25, 0.3) is 0 Å². The Labute approximate surface area is 364 Å². The number of carbonyl (C=O) groups excluding carboxylic acids is 4. The Morgan fingerprint density at radius 2 is 0.532 bits per heavy atom. The predicted octanol–water partition coefficient (Wildman–Crippen LogP) is 6.24. The van der Waals surface area contributed by atoms with E-state index < -0.39 is 0 Å². The van der Waals surface area contributed by atoms with Crippen molar-refractivity contribution in [3.05, 3.63) is 14.9 Å². The molecular formula is C36H66N4O4Y3-2. The average Bonchev–Trinajstić information content (AvgIpc) is 3.05. The van der Waals surface area contributed by atoms with E-state index in [0.717, 1.165) is 76.0 Å². The molecule has 4 aliphatic rings. The smallest absolute Gasteiger partial charge is 0.222 e. The molecule has 0 unspecified atom stereocenters. The standard InChI is InChI=1S/2C17H30N2O2.2CH3.3Y/c2*1-3-16(20)18-9-5-14(6-10-18)13-15-7-11-19(12-8-15)17(21)4-2;;;;;/h2*14-15H,3-13H2,1-2H3;2*1H3;;;/q;;2*-1;;;. The van der Waals surface area contributed by atoms with Crippen molar-refractivity contribution in [2.24, 2.45) is 23.7 Å². The van der Waals surface area contributed by atoms with Gasteiger partial charge < -0.3 is 34.5 Å². The first kappa shape index (κ1) is 52.6. The summed E-state index contributed by atoms with van der Waals surface area (Å²) in [6.07, 6.45) is 14.5.